The summed E-state index contributed by atoms with van der Waals surface area (Å²) in [6.45, 7) is 9.20. The normalized spacial score (nSPS) is 13.1. The molecule has 100 valence electrons. The van der Waals surface area contributed by atoms with E-state index in [1.165, 1.54) is 5.56 Å². The third-order valence-corrected chi connectivity index (χ3v) is 3.91. The van der Waals surface area contributed by atoms with Gasteiger partial charge in [0.1, 0.15) is 5.75 Å². The van der Waals surface area contributed by atoms with Crippen LogP contribution in [0.3, 0.4) is 0 Å². The maximum Gasteiger partial charge on any atom is 0.119 e. The molecule has 0 saturated carbocycles. The fourth-order valence-electron chi connectivity index (χ4n) is 1.51. The zero-order valence-electron chi connectivity index (χ0n) is 11.7. The van der Waals surface area contributed by atoms with Crippen molar-refractivity contribution in [2.75, 3.05) is 6.61 Å². The molecule has 0 aliphatic heterocycles. The minimum absolute atomic E-state index is 0.103. The number of hydrogen-bond donors (Lipinski definition) is 1. The first-order valence-corrected chi connectivity index (χ1v) is 6.80. The lowest BCUT2D eigenvalue weighted by Crippen LogP contribution is -2.24. The highest BCUT2D eigenvalue weighted by atomic mass is 32.1. The lowest BCUT2D eigenvalue weighted by molar-refractivity contribution is 0.293. The van der Waals surface area contributed by atoms with Gasteiger partial charge in [-0.3, -0.25) is 0 Å². The van der Waals surface area contributed by atoms with Crippen molar-refractivity contribution in [3.8, 4) is 5.75 Å². The molecule has 0 spiro atoms. The van der Waals surface area contributed by atoms with Crippen molar-refractivity contribution in [2.24, 2.45) is 11.7 Å². The van der Waals surface area contributed by atoms with E-state index in [9.17, 15) is 0 Å². The minimum atomic E-state index is 0.103. The standard InChI is InChI=1S/C15H23NOS/c1-5-15(3,4)12-6-8-13(9-7-12)17-10-11(2)14(16)18/h6-9,11H,5,10H2,1-4H3,(H2,16,18). The summed E-state index contributed by atoms with van der Waals surface area (Å²) >= 11 is 4.92. The van der Waals surface area contributed by atoms with Gasteiger partial charge in [0.15, 0.2) is 0 Å². The van der Waals surface area contributed by atoms with Crippen LogP contribution >= 0.6 is 12.2 Å². The van der Waals surface area contributed by atoms with E-state index in [1.54, 1.807) is 0 Å². The summed E-state index contributed by atoms with van der Waals surface area (Å²) in [6, 6.07) is 8.28. The van der Waals surface area contributed by atoms with Gasteiger partial charge in [0, 0.05) is 5.92 Å². The third-order valence-electron chi connectivity index (χ3n) is 3.51. The van der Waals surface area contributed by atoms with Crippen molar-refractivity contribution in [3.63, 3.8) is 0 Å². The highest BCUT2D eigenvalue weighted by Gasteiger charge is 2.17. The average Bonchev–Trinajstić information content (AvgIpc) is 2.36. The molecule has 1 atom stereocenters. The van der Waals surface area contributed by atoms with Crippen molar-refractivity contribution < 1.29 is 4.74 Å². The Morgan fingerprint density at radius 3 is 2.33 bits per heavy atom. The van der Waals surface area contributed by atoms with E-state index in [-0.39, 0.29) is 11.3 Å². The lowest BCUT2D eigenvalue weighted by atomic mass is 9.82. The van der Waals surface area contributed by atoms with Gasteiger partial charge in [-0.05, 0) is 29.5 Å². The first-order valence-electron chi connectivity index (χ1n) is 6.39. The van der Waals surface area contributed by atoms with Gasteiger partial charge in [-0.25, -0.2) is 0 Å². The summed E-state index contributed by atoms with van der Waals surface area (Å²) in [6.07, 6.45) is 1.12. The van der Waals surface area contributed by atoms with Crippen LogP contribution in [0.25, 0.3) is 0 Å². The van der Waals surface area contributed by atoms with E-state index in [2.05, 4.69) is 32.9 Å². The molecule has 0 heterocycles. The molecule has 0 radical (unpaired) electrons. The number of benzene rings is 1. The largest absolute Gasteiger partial charge is 0.493 e. The number of ether oxygens (including phenoxy) is 1. The molecule has 1 aromatic rings. The molecule has 0 amide bonds. The van der Waals surface area contributed by atoms with Gasteiger partial charge in [0.05, 0.1) is 11.6 Å². The zero-order valence-corrected chi connectivity index (χ0v) is 12.5. The van der Waals surface area contributed by atoms with Gasteiger partial charge in [-0.15, -0.1) is 0 Å². The van der Waals surface area contributed by atoms with E-state index >= 15 is 0 Å². The van der Waals surface area contributed by atoms with Crippen molar-refractivity contribution in [3.05, 3.63) is 29.8 Å². The van der Waals surface area contributed by atoms with E-state index < -0.39 is 0 Å². The first-order chi connectivity index (χ1) is 8.36. The summed E-state index contributed by atoms with van der Waals surface area (Å²) in [4.78, 5) is 0.499. The molecule has 0 bridgehead atoms. The van der Waals surface area contributed by atoms with Crippen molar-refractivity contribution in [1.82, 2.24) is 0 Å². The highest BCUT2D eigenvalue weighted by molar-refractivity contribution is 7.80. The molecular weight excluding hydrogens is 242 g/mol. The van der Waals surface area contributed by atoms with E-state index in [1.807, 2.05) is 19.1 Å². The Morgan fingerprint density at radius 1 is 1.33 bits per heavy atom. The van der Waals surface area contributed by atoms with Gasteiger partial charge >= 0.3 is 0 Å². The van der Waals surface area contributed by atoms with E-state index in [0.29, 0.717) is 11.6 Å². The second-order valence-corrected chi connectivity index (χ2v) is 5.85. The van der Waals surface area contributed by atoms with Crippen LogP contribution in [-0.4, -0.2) is 11.6 Å². The van der Waals surface area contributed by atoms with Crippen LogP contribution in [0, 0.1) is 5.92 Å². The van der Waals surface area contributed by atoms with Crippen LogP contribution < -0.4 is 10.5 Å². The molecule has 3 heteroatoms. The molecule has 2 nitrogen and oxygen atoms in total. The maximum atomic E-state index is 5.66. The van der Waals surface area contributed by atoms with Crippen LogP contribution in [0.2, 0.25) is 0 Å². The first kappa shape index (κ1) is 15.0. The van der Waals surface area contributed by atoms with Gasteiger partial charge in [-0.2, -0.15) is 0 Å². The minimum Gasteiger partial charge on any atom is -0.493 e. The van der Waals surface area contributed by atoms with Gasteiger partial charge in [0.25, 0.3) is 0 Å². The smallest absolute Gasteiger partial charge is 0.119 e. The second-order valence-electron chi connectivity index (χ2n) is 5.38. The van der Waals surface area contributed by atoms with Crippen LogP contribution in [-0.2, 0) is 5.41 Å². The van der Waals surface area contributed by atoms with Gasteiger partial charge < -0.3 is 10.5 Å². The number of thiocarbonyl (C=S) groups is 1. The molecule has 0 fully saturated rings. The number of hydrogen-bond acceptors (Lipinski definition) is 2. The fourth-order valence-corrected chi connectivity index (χ4v) is 1.58. The Labute approximate surface area is 116 Å². The summed E-state index contributed by atoms with van der Waals surface area (Å²) < 4.78 is 5.66. The summed E-state index contributed by atoms with van der Waals surface area (Å²) in [5.74, 6) is 0.973. The average molecular weight is 265 g/mol. The number of rotatable bonds is 6. The second kappa shape index (κ2) is 6.19. The van der Waals surface area contributed by atoms with Gasteiger partial charge in [-0.1, -0.05) is 52.0 Å². The van der Waals surface area contributed by atoms with E-state index in [4.69, 9.17) is 22.7 Å². The topological polar surface area (TPSA) is 35.2 Å². The molecule has 1 rings (SSSR count). The maximum absolute atomic E-state index is 5.66. The molecule has 0 aliphatic rings. The SMILES string of the molecule is CCC(C)(C)c1ccc(OCC(C)C(N)=S)cc1. The fraction of sp³-hybridized carbons (Fsp3) is 0.533. The Hall–Kier alpha value is -1.09. The summed E-state index contributed by atoms with van der Waals surface area (Å²) in [5, 5.41) is 0. The molecule has 0 saturated heterocycles. The number of nitrogens with two attached hydrogens (primary N) is 1. The molecule has 1 unspecified atom stereocenters. The van der Waals surface area contributed by atoms with Crippen LogP contribution in [0.15, 0.2) is 24.3 Å². The predicted octanol–water partition coefficient (Wildman–Crippen LogP) is 3.68. The van der Waals surface area contributed by atoms with Crippen molar-refractivity contribution in [2.45, 2.75) is 39.5 Å². The Morgan fingerprint density at radius 2 is 1.89 bits per heavy atom. The third kappa shape index (κ3) is 3.98. The Balaban J connectivity index is 2.64. The van der Waals surface area contributed by atoms with Gasteiger partial charge in [0.2, 0.25) is 0 Å². The highest BCUT2D eigenvalue weighted by Crippen LogP contribution is 2.28. The Bertz CT molecular complexity index is 397. The van der Waals surface area contributed by atoms with E-state index in [0.717, 1.165) is 12.2 Å². The monoisotopic (exact) mass is 265 g/mol. The quantitative estimate of drug-likeness (QED) is 0.797. The molecule has 1 aromatic carbocycles. The van der Waals surface area contributed by atoms with Crippen molar-refractivity contribution >= 4 is 17.2 Å². The predicted molar refractivity (Wildman–Crippen MR) is 81.2 cm³/mol. The molecule has 0 aromatic heterocycles. The molecule has 0 aliphatic carbocycles. The molecule has 2 N–H and O–H groups in total. The summed E-state index contributed by atoms with van der Waals surface area (Å²) in [5.41, 5.74) is 7.10. The summed E-state index contributed by atoms with van der Waals surface area (Å²) in [7, 11) is 0. The zero-order chi connectivity index (χ0) is 13.8. The molecular formula is C15H23NOS. The van der Waals surface area contributed by atoms with Crippen molar-refractivity contribution in [1.29, 1.82) is 0 Å². The van der Waals surface area contributed by atoms with Crippen LogP contribution in [0.5, 0.6) is 5.75 Å². The van der Waals surface area contributed by atoms with Crippen LogP contribution in [0.1, 0.15) is 39.7 Å². The lowest BCUT2D eigenvalue weighted by Gasteiger charge is -2.23. The molecule has 18 heavy (non-hydrogen) atoms. The van der Waals surface area contributed by atoms with Crippen LogP contribution in [0.4, 0.5) is 0 Å². The Kier molecular flexibility index (Phi) is 5.15.